The minimum Gasteiger partial charge on any atom is -0.462 e. The van der Waals surface area contributed by atoms with Crippen LogP contribution in [0.25, 0.3) is 0 Å². The first-order chi connectivity index (χ1) is 44.9. The average Bonchev–Trinajstić information content (AvgIpc) is 1.68. The topological polar surface area (TPSA) is 237 Å². The van der Waals surface area contributed by atoms with Crippen LogP contribution >= 0.6 is 15.6 Å². The van der Waals surface area contributed by atoms with E-state index in [9.17, 15) is 43.2 Å². The highest BCUT2D eigenvalue weighted by Gasteiger charge is 2.30. The van der Waals surface area contributed by atoms with Crippen molar-refractivity contribution in [2.24, 2.45) is 11.8 Å². The van der Waals surface area contributed by atoms with Crippen LogP contribution in [0.2, 0.25) is 0 Å². The van der Waals surface area contributed by atoms with Gasteiger partial charge in [0.2, 0.25) is 0 Å². The van der Waals surface area contributed by atoms with E-state index in [-0.39, 0.29) is 25.7 Å². The summed E-state index contributed by atoms with van der Waals surface area (Å²) < 4.78 is 68.5. The van der Waals surface area contributed by atoms with E-state index in [4.69, 9.17) is 37.0 Å². The molecule has 552 valence electrons. The van der Waals surface area contributed by atoms with E-state index < -0.39 is 97.5 Å². The molecule has 4 unspecified atom stereocenters. The van der Waals surface area contributed by atoms with E-state index in [0.717, 1.165) is 102 Å². The van der Waals surface area contributed by atoms with Crippen molar-refractivity contribution in [1.29, 1.82) is 0 Å². The van der Waals surface area contributed by atoms with Crippen molar-refractivity contribution >= 4 is 39.5 Å². The van der Waals surface area contributed by atoms with Crippen LogP contribution in [-0.4, -0.2) is 96.7 Å². The standard InChI is InChI=1S/C74H144O17P2/c1-7-11-13-15-17-19-21-23-24-25-27-29-31-40-46-52-58-73(78)90-69(62-84-71(76)56-50-44-38-30-28-26-22-20-18-16-14-12-8-2)64-88-92(80,81)86-60-68(75)61-87-93(82,83)89-65-70(91-74(79)59-53-47-41-35-33-37-43-49-55-67(6)10-4)63-85-72(77)57-51-45-39-34-32-36-42-48-54-66(5)9-3/h66-70,75H,7-65H2,1-6H3,(H,80,81)(H,82,83)/t66?,67?,68-,69-,70-/m1/s1. The summed E-state index contributed by atoms with van der Waals surface area (Å²) in [6, 6.07) is 0. The van der Waals surface area contributed by atoms with Gasteiger partial charge in [0.05, 0.1) is 26.4 Å². The van der Waals surface area contributed by atoms with E-state index in [1.165, 1.54) is 199 Å². The van der Waals surface area contributed by atoms with Gasteiger partial charge < -0.3 is 33.8 Å². The van der Waals surface area contributed by atoms with Gasteiger partial charge in [0.25, 0.3) is 0 Å². The van der Waals surface area contributed by atoms with Crippen LogP contribution in [-0.2, 0) is 65.4 Å². The van der Waals surface area contributed by atoms with Gasteiger partial charge in [-0.1, -0.05) is 330 Å². The van der Waals surface area contributed by atoms with Crippen LogP contribution in [0.3, 0.4) is 0 Å². The Balaban J connectivity index is 5.27. The second-order valence-corrected chi connectivity index (χ2v) is 30.1. The zero-order valence-corrected chi connectivity index (χ0v) is 62.3. The second-order valence-electron chi connectivity index (χ2n) is 27.2. The maximum Gasteiger partial charge on any atom is 0.472 e. The summed E-state index contributed by atoms with van der Waals surface area (Å²) in [7, 11) is -9.91. The van der Waals surface area contributed by atoms with Crippen LogP contribution < -0.4 is 0 Å². The van der Waals surface area contributed by atoms with Crippen LogP contribution in [0.4, 0.5) is 0 Å². The summed E-state index contributed by atoms with van der Waals surface area (Å²) in [5, 5.41) is 10.6. The van der Waals surface area contributed by atoms with Crippen molar-refractivity contribution < 1.29 is 80.2 Å². The molecule has 0 bridgehead atoms. The Hall–Kier alpha value is -1.94. The third-order valence-corrected chi connectivity index (χ3v) is 19.8. The summed E-state index contributed by atoms with van der Waals surface area (Å²) in [6.07, 6.45) is 52.5. The number of phosphoric acid groups is 2. The first kappa shape index (κ1) is 91.1. The molecule has 0 fully saturated rings. The third kappa shape index (κ3) is 65.8. The van der Waals surface area contributed by atoms with E-state index in [1.807, 2.05) is 0 Å². The Morgan fingerprint density at radius 3 is 0.763 bits per heavy atom. The highest BCUT2D eigenvalue weighted by molar-refractivity contribution is 7.47. The average molecular weight is 1370 g/mol. The van der Waals surface area contributed by atoms with Gasteiger partial charge in [0.15, 0.2) is 12.2 Å². The third-order valence-electron chi connectivity index (χ3n) is 17.9. The van der Waals surface area contributed by atoms with Crippen molar-refractivity contribution in [3.8, 4) is 0 Å². The number of phosphoric ester groups is 2. The van der Waals surface area contributed by atoms with E-state index in [2.05, 4.69) is 41.5 Å². The predicted octanol–water partition coefficient (Wildman–Crippen LogP) is 21.6. The Labute approximate surface area is 568 Å². The molecule has 0 aromatic rings. The van der Waals surface area contributed by atoms with Gasteiger partial charge in [-0.05, 0) is 37.5 Å². The zero-order valence-electron chi connectivity index (χ0n) is 60.6. The molecule has 0 spiro atoms. The second kappa shape index (κ2) is 66.0. The zero-order chi connectivity index (χ0) is 68.6. The van der Waals surface area contributed by atoms with Crippen molar-refractivity contribution in [1.82, 2.24) is 0 Å². The molecule has 7 atom stereocenters. The minimum atomic E-state index is -4.95. The maximum absolute atomic E-state index is 13.1. The van der Waals surface area contributed by atoms with Crippen LogP contribution in [0, 0.1) is 11.8 Å². The number of hydrogen-bond acceptors (Lipinski definition) is 15. The monoisotopic (exact) mass is 1370 g/mol. The number of esters is 4. The summed E-state index contributed by atoms with van der Waals surface area (Å²) in [6.45, 7) is 9.59. The smallest absolute Gasteiger partial charge is 0.462 e. The lowest BCUT2D eigenvalue weighted by Gasteiger charge is -2.21. The Bertz CT molecular complexity index is 1810. The quantitative estimate of drug-likeness (QED) is 0.0222. The molecule has 17 nitrogen and oxygen atoms in total. The molecule has 19 heteroatoms. The van der Waals surface area contributed by atoms with Crippen LogP contribution in [0.15, 0.2) is 0 Å². The van der Waals surface area contributed by atoms with E-state index >= 15 is 0 Å². The highest BCUT2D eigenvalue weighted by atomic mass is 31.2. The van der Waals surface area contributed by atoms with Crippen molar-refractivity contribution in [2.45, 2.75) is 400 Å². The highest BCUT2D eigenvalue weighted by Crippen LogP contribution is 2.45. The van der Waals surface area contributed by atoms with Gasteiger partial charge in [0.1, 0.15) is 19.3 Å². The molecule has 3 N–H and O–H groups in total. The molecule has 0 aliphatic carbocycles. The molecule has 0 aliphatic heterocycles. The normalized spacial score (nSPS) is 14.6. The Morgan fingerprint density at radius 1 is 0.301 bits per heavy atom. The molecule has 0 aromatic heterocycles. The SMILES string of the molecule is CCCCCCCCCCCCCCCCCCC(=O)O[C@H](COC(=O)CCCCCCCCCCCCCCC)COP(=O)(O)OC[C@@H](O)COP(=O)(O)OC[C@@H](COC(=O)CCCCCCCCCCC(C)CC)OC(=O)CCCCCCCCCCC(C)CC. The van der Waals surface area contributed by atoms with E-state index in [0.29, 0.717) is 25.7 Å². The van der Waals surface area contributed by atoms with Crippen molar-refractivity contribution in [3.05, 3.63) is 0 Å². The molecular weight excluding hydrogens is 1220 g/mol. The first-order valence-electron chi connectivity index (χ1n) is 38.6. The molecule has 0 amide bonds. The molecule has 0 saturated carbocycles. The summed E-state index contributed by atoms with van der Waals surface area (Å²) >= 11 is 0. The van der Waals surface area contributed by atoms with Gasteiger partial charge in [-0.3, -0.25) is 37.3 Å². The fourth-order valence-electron chi connectivity index (χ4n) is 11.2. The molecule has 0 heterocycles. The lowest BCUT2D eigenvalue weighted by Crippen LogP contribution is -2.30. The molecule has 0 radical (unpaired) electrons. The van der Waals surface area contributed by atoms with Gasteiger partial charge in [-0.15, -0.1) is 0 Å². The van der Waals surface area contributed by atoms with E-state index in [1.54, 1.807) is 0 Å². The molecular formula is C74H144O17P2. The van der Waals surface area contributed by atoms with Crippen molar-refractivity contribution in [3.63, 3.8) is 0 Å². The largest absolute Gasteiger partial charge is 0.472 e. The van der Waals surface area contributed by atoms with Gasteiger partial charge in [-0.2, -0.15) is 0 Å². The van der Waals surface area contributed by atoms with Gasteiger partial charge in [0, 0.05) is 25.7 Å². The molecule has 0 aliphatic rings. The van der Waals surface area contributed by atoms with Crippen molar-refractivity contribution in [2.75, 3.05) is 39.6 Å². The van der Waals surface area contributed by atoms with Crippen LogP contribution in [0.1, 0.15) is 382 Å². The molecule has 93 heavy (non-hydrogen) atoms. The number of carbonyl (C=O) groups is 4. The number of hydrogen-bond donors (Lipinski definition) is 3. The Morgan fingerprint density at radius 2 is 0.516 bits per heavy atom. The fourth-order valence-corrected chi connectivity index (χ4v) is 12.8. The van der Waals surface area contributed by atoms with Gasteiger partial charge >= 0.3 is 39.5 Å². The molecule has 0 saturated heterocycles. The van der Waals surface area contributed by atoms with Gasteiger partial charge in [-0.25, -0.2) is 9.13 Å². The summed E-state index contributed by atoms with van der Waals surface area (Å²) in [5.74, 6) is -0.571. The number of aliphatic hydroxyl groups excluding tert-OH is 1. The Kier molecular flexibility index (Phi) is 64.6. The summed E-state index contributed by atoms with van der Waals surface area (Å²) in [4.78, 5) is 72.8. The number of ether oxygens (including phenoxy) is 4. The lowest BCUT2D eigenvalue weighted by molar-refractivity contribution is -0.161. The number of rotatable bonds is 73. The lowest BCUT2D eigenvalue weighted by atomic mass is 9.99. The number of aliphatic hydroxyl groups is 1. The predicted molar refractivity (Wildman–Crippen MR) is 377 cm³/mol. The first-order valence-corrected chi connectivity index (χ1v) is 41.6. The van der Waals surface area contributed by atoms with Crippen LogP contribution in [0.5, 0.6) is 0 Å². The number of carbonyl (C=O) groups excluding carboxylic acids is 4. The summed E-state index contributed by atoms with van der Waals surface area (Å²) in [5.41, 5.74) is 0. The maximum atomic E-state index is 13.1. The minimum absolute atomic E-state index is 0.105. The fraction of sp³-hybridized carbons (Fsp3) is 0.946. The number of unbranched alkanes of at least 4 members (excludes halogenated alkanes) is 41. The molecule has 0 rings (SSSR count). The molecule has 0 aromatic carbocycles.